The number of carbonyl (C=O) groups excluding carboxylic acids is 5. The Kier molecular flexibility index (Phi) is 8.27. The number of alkyl carbamates (subject to hydrolysis) is 1. The lowest BCUT2D eigenvalue weighted by Crippen LogP contribution is -2.50. The Labute approximate surface area is 219 Å². The van der Waals surface area contributed by atoms with E-state index in [9.17, 15) is 24.0 Å². The van der Waals surface area contributed by atoms with Crippen LogP contribution in [0.2, 0.25) is 0 Å². The van der Waals surface area contributed by atoms with Gasteiger partial charge >= 0.3 is 12.1 Å². The molecule has 9 nitrogen and oxygen atoms in total. The van der Waals surface area contributed by atoms with E-state index < -0.39 is 48.2 Å². The van der Waals surface area contributed by atoms with E-state index in [-0.39, 0.29) is 24.2 Å². The third-order valence-corrected chi connectivity index (χ3v) is 6.18. The van der Waals surface area contributed by atoms with E-state index in [1.165, 1.54) is 12.1 Å². The first-order valence-corrected chi connectivity index (χ1v) is 12.0. The summed E-state index contributed by atoms with van der Waals surface area (Å²) in [6.07, 6.45) is -1.40. The maximum absolute atomic E-state index is 13.6. The molecule has 0 radical (unpaired) electrons. The quantitative estimate of drug-likeness (QED) is 0.326. The fourth-order valence-electron chi connectivity index (χ4n) is 4.26. The Morgan fingerprint density at radius 2 is 1.32 bits per heavy atom. The highest BCUT2D eigenvalue weighted by Crippen LogP contribution is 2.27. The summed E-state index contributed by atoms with van der Waals surface area (Å²) < 4.78 is 9.96. The molecule has 4 rings (SSSR count). The first-order valence-electron chi connectivity index (χ1n) is 12.0. The molecule has 1 aliphatic heterocycles. The summed E-state index contributed by atoms with van der Waals surface area (Å²) in [5, 5.41) is 2.37. The predicted molar refractivity (Wildman–Crippen MR) is 136 cm³/mol. The standard InChI is InChI=1S/C29H26N2O7/c1-37-28(35)23(30-29(36)38-18-20-12-6-3-7-13-20)17-25(32)24(16-19-10-4-2-5-11-19)31-26(33)21-14-8-9-15-22(21)27(31)34/h2-15,23-24H,16-18H2,1H3,(H,30,36)/t23-,24-/m0/s1. The van der Waals surface area contributed by atoms with E-state index in [2.05, 4.69) is 5.32 Å². The normalized spacial score (nSPS) is 13.9. The van der Waals surface area contributed by atoms with E-state index in [4.69, 9.17) is 9.47 Å². The largest absolute Gasteiger partial charge is 0.467 e. The number of carbonyl (C=O) groups is 5. The molecule has 0 spiro atoms. The number of methoxy groups -OCH3 is 1. The molecular weight excluding hydrogens is 488 g/mol. The smallest absolute Gasteiger partial charge is 0.408 e. The Hall–Kier alpha value is -4.79. The lowest BCUT2D eigenvalue weighted by Gasteiger charge is -2.27. The Morgan fingerprint density at radius 3 is 1.87 bits per heavy atom. The molecule has 1 heterocycles. The number of ether oxygens (including phenoxy) is 2. The summed E-state index contributed by atoms with van der Waals surface area (Å²) in [5.41, 5.74) is 1.86. The van der Waals surface area contributed by atoms with Gasteiger partial charge in [0.25, 0.3) is 11.8 Å². The van der Waals surface area contributed by atoms with Gasteiger partial charge in [0.1, 0.15) is 18.7 Å². The Balaban J connectivity index is 1.54. The summed E-state index contributed by atoms with van der Waals surface area (Å²) in [4.78, 5) is 65.8. The van der Waals surface area contributed by atoms with Gasteiger partial charge in [-0.2, -0.15) is 0 Å². The van der Waals surface area contributed by atoms with E-state index >= 15 is 0 Å². The van der Waals surface area contributed by atoms with E-state index in [1.54, 1.807) is 66.7 Å². The van der Waals surface area contributed by atoms with Crippen molar-refractivity contribution in [2.75, 3.05) is 7.11 Å². The van der Waals surface area contributed by atoms with Crippen molar-refractivity contribution >= 4 is 29.7 Å². The molecule has 0 aliphatic carbocycles. The molecule has 38 heavy (non-hydrogen) atoms. The number of ketones is 1. The SMILES string of the molecule is COC(=O)[C@H](CC(=O)[C@H](Cc1ccccc1)N1C(=O)c2ccccc2C1=O)NC(=O)OCc1ccccc1. The fourth-order valence-corrected chi connectivity index (χ4v) is 4.26. The lowest BCUT2D eigenvalue weighted by molar-refractivity contribution is -0.144. The van der Waals surface area contributed by atoms with Gasteiger partial charge in [0.2, 0.25) is 0 Å². The van der Waals surface area contributed by atoms with Crippen molar-refractivity contribution in [3.63, 3.8) is 0 Å². The van der Waals surface area contributed by atoms with Gasteiger partial charge in [-0.15, -0.1) is 0 Å². The Bertz CT molecular complexity index is 1310. The zero-order valence-electron chi connectivity index (χ0n) is 20.7. The molecule has 0 saturated carbocycles. The molecule has 1 aliphatic rings. The van der Waals surface area contributed by atoms with Crippen LogP contribution < -0.4 is 5.32 Å². The number of nitrogens with zero attached hydrogens (tertiary/aromatic N) is 1. The van der Waals surface area contributed by atoms with Gasteiger partial charge in [-0.05, 0) is 23.3 Å². The van der Waals surface area contributed by atoms with Crippen LogP contribution in [0.1, 0.15) is 38.3 Å². The van der Waals surface area contributed by atoms with Crippen molar-refractivity contribution < 1.29 is 33.4 Å². The molecule has 0 unspecified atom stereocenters. The number of amides is 3. The molecule has 2 atom stereocenters. The van der Waals surface area contributed by atoms with Gasteiger partial charge in [-0.1, -0.05) is 72.8 Å². The van der Waals surface area contributed by atoms with Crippen molar-refractivity contribution in [1.29, 1.82) is 0 Å². The van der Waals surface area contributed by atoms with Crippen LogP contribution in [0, 0.1) is 0 Å². The number of Topliss-reactive ketones (excluding diaryl/α,β-unsaturated/α-hetero) is 1. The van der Waals surface area contributed by atoms with Gasteiger partial charge in [0.15, 0.2) is 5.78 Å². The second-order valence-corrected chi connectivity index (χ2v) is 8.68. The highest BCUT2D eigenvalue weighted by Gasteiger charge is 2.43. The van der Waals surface area contributed by atoms with Crippen LogP contribution in [-0.4, -0.2) is 53.8 Å². The third-order valence-electron chi connectivity index (χ3n) is 6.18. The number of benzene rings is 3. The van der Waals surface area contributed by atoms with Crippen LogP contribution in [0.4, 0.5) is 4.79 Å². The van der Waals surface area contributed by atoms with Crippen LogP contribution in [0.15, 0.2) is 84.9 Å². The summed E-state index contributed by atoms with van der Waals surface area (Å²) in [5.74, 6) is -2.65. The zero-order valence-corrected chi connectivity index (χ0v) is 20.7. The van der Waals surface area contributed by atoms with Crippen molar-refractivity contribution in [2.24, 2.45) is 0 Å². The average Bonchev–Trinajstić information content (AvgIpc) is 3.20. The number of imide groups is 1. The van der Waals surface area contributed by atoms with Crippen molar-refractivity contribution in [3.05, 3.63) is 107 Å². The molecule has 3 aromatic carbocycles. The van der Waals surface area contributed by atoms with Crippen molar-refractivity contribution in [3.8, 4) is 0 Å². The molecule has 194 valence electrons. The number of esters is 1. The van der Waals surface area contributed by atoms with Crippen LogP contribution in [0.5, 0.6) is 0 Å². The molecular formula is C29H26N2O7. The highest BCUT2D eigenvalue weighted by atomic mass is 16.6. The molecule has 0 fully saturated rings. The van der Waals surface area contributed by atoms with Crippen molar-refractivity contribution in [2.45, 2.75) is 31.5 Å². The summed E-state index contributed by atoms with van der Waals surface area (Å²) in [7, 11) is 1.13. The first kappa shape index (κ1) is 26.3. The molecule has 3 aromatic rings. The second kappa shape index (κ2) is 12.0. The highest BCUT2D eigenvalue weighted by molar-refractivity contribution is 6.23. The maximum atomic E-state index is 13.6. The fraction of sp³-hybridized carbons (Fsp3) is 0.207. The zero-order chi connectivity index (χ0) is 27.1. The molecule has 0 saturated heterocycles. The van der Waals surface area contributed by atoms with E-state index in [0.29, 0.717) is 5.56 Å². The lowest BCUT2D eigenvalue weighted by atomic mass is 9.96. The maximum Gasteiger partial charge on any atom is 0.408 e. The van der Waals surface area contributed by atoms with Gasteiger partial charge in [0.05, 0.1) is 18.2 Å². The van der Waals surface area contributed by atoms with Crippen LogP contribution in [0.3, 0.4) is 0 Å². The molecule has 1 N–H and O–H groups in total. The van der Waals surface area contributed by atoms with Gasteiger partial charge in [0, 0.05) is 12.8 Å². The topological polar surface area (TPSA) is 119 Å². The number of rotatable bonds is 10. The molecule has 0 bridgehead atoms. The van der Waals surface area contributed by atoms with Gasteiger partial charge in [-0.3, -0.25) is 19.3 Å². The van der Waals surface area contributed by atoms with Crippen LogP contribution in [-0.2, 0) is 32.1 Å². The third kappa shape index (κ3) is 5.95. The summed E-state index contributed by atoms with van der Waals surface area (Å²) in [6.45, 7) is -0.0415. The molecule has 0 aromatic heterocycles. The first-order chi connectivity index (χ1) is 18.4. The number of hydrogen-bond acceptors (Lipinski definition) is 7. The predicted octanol–water partition coefficient (Wildman–Crippen LogP) is 3.32. The molecule has 9 heteroatoms. The van der Waals surface area contributed by atoms with Gasteiger partial charge in [-0.25, -0.2) is 9.59 Å². The monoisotopic (exact) mass is 514 g/mol. The van der Waals surface area contributed by atoms with Crippen LogP contribution in [0.25, 0.3) is 0 Å². The minimum Gasteiger partial charge on any atom is -0.467 e. The number of hydrogen-bond donors (Lipinski definition) is 1. The summed E-state index contributed by atoms with van der Waals surface area (Å²) in [6, 6.07) is 21.6. The number of fused-ring (bicyclic) bond motifs is 1. The minimum absolute atomic E-state index is 0.0392. The Morgan fingerprint density at radius 1 is 0.789 bits per heavy atom. The minimum atomic E-state index is -1.38. The van der Waals surface area contributed by atoms with Gasteiger partial charge < -0.3 is 14.8 Å². The second-order valence-electron chi connectivity index (χ2n) is 8.68. The summed E-state index contributed by atoms with van der Waals surface area (Å²) >= 11 is 0. The molecule has 3 amide bonds. The van der Waals surface area contributed by atoms with E-state index in [1.807, 2.05) is 6.07 Å². The number of nitrogens with one attached hydrogen (secondary N) is 1. The average molecular weight is 515 g/mol. The van der Waals surface area contributed by atoms with Crippen LogP contribution >= 0.6 is 0 Å². The van der Waals surface area contributed by atoms with Crippen molar-refractivity contribution in [1.82, 2.24) is 10.2 Å². The van der Waals surface area contributed by atoms with E-state index in [0.717, 1.165) is 17.6 Å².